The summed E-state index contributed by atoms with van der Waals surface area (Å²) in [6.07, 6.45) is 0. The molecule has 0 aromatic heterocycles. The predicted molar refractivity (Wildman–Crippen MR) is 137 cm³/mol. The van der Waals surface area contributed by atoms with Gasteiger partial charge in [-0.2, -0.15) is 0 Å². The van der Waals surface area contributed by atoms with Gasteiger partial charge < -0.3 is 29.9 Å². The maximum atomic E-state index is 13.4. The lowest BCUT2D eigenvalue weighted by atomic mass is 10.0. The molecule has 0 heterocycles. The molecule has 0 amide bonds. The van der Waals surface area contributed by atoms with E-state index in [2.05, 4.69) is 0 Å². The number of hydrogen-bond donors (Lipinski definition) is 4. The second-order valence-corrected chi connectivity index (χ2v) is 8.17. The summed E-state index contributed by atoms with van der Waals surface area (Å²) in [5.74, 6) is -6.95. The van der Waals surface area contributed by atoms with Gasteiger partial charge in [-0.05, 0) is 48.5 Å². The highest BCUT2D eigenvalue weighted by molar-refractivity contribution is 6.11. The third kappa shape index (κ3) is 5.63. The van der Waals surface area contributed by atoms with Crippen LogP contribution in [0.1, 0.15) is 57.4 Å². The lowest BCUT2D eigenvalue weighted by Crippen LogP contribution is -2.09. The van der Waals surface area contributed by atoms with E-state index in [1.165, 1.54) is 30.3 Å². The highest BCUT2D eigenvalue weighted by atomic mass is 16.5. The van der Waals surface area contributed by atoms with E-state index < -0.39 is 51.9 Å². The minimum absolute atomic E-state index is 0.0106. The smallest absolute Gasteiger partial charge is 0.336 e. The number of para-hydroxylation sites is 1. The average Bonchev–Trinajstić information content (AvgIpc) is 2.93. The minimum atomic E-state index is -1.52. The molecule has 0 fully saturated rings. The molecule has 0 aliphatic carbocycles. The second-order valence-electron chi connectivity index (χ2n) is 8.17. The highest BCUT2D eigenvalue weighted by Crippen LogP contribution is 2.39. The molecule has 0 radical (unpaired) electrons. The van der Waals surface area contributed by atoms with Crippen LogP contribution in [-0.4, -0.2) is 50.1 Å². The van der Waals surface area contributed by atoms with Crippen molar-refractivity contribution < 1.29 is 53.9 Å². The molecule has 40 heavy (non-hydrogen) atoms. The van der Waals surface area contributed by atoms with Gasteiger partial charge in [0.2, 0.25) is 0 Å². The zero-order valence-electron chi connectivity index (χ0n) is 20.2. The van der Waals surface area contributed by atoms with Crippen LogP contribution in [0.4, 0.5) is 0 Å². The van der Waals surface area contributed by atoms with Gasteiger partial charge in [0.15, 0.2) is 17.3 Å². The largest absolute Gasteiger partial charge is 0.478 e. The Bertz CT molecular complexity index is 1670. The van der Waals surface area contributed by atoms with Gasteiger partial charge in [0, 0.05) is 5.56 Å². The van der Waals surface area contributed by atoms with Crippen LogP contribution in [0.5, 0.6) is 23.0 Å². The number of carbonyl (C=O) groups excluding carboxylic acids is 1. The van der Waals surface area contributed by atoms with Crippen molar-refractivity contribution in [2.45, 2.75) is 0 Å². The van der Waals surface area contributed by atoms with Gasteiger partial charge in [-0.15, -0.1) is 0 Å². The third-order valence-electron chi connectivity index (χ3n) is 5.61. The summed E-state index contributed by atoms with van der Waals surface area (Å²) in [5, 5.41) is 37.5. The van der Waals surface area contributed by atoms with Crippen LogP contribution in [0.15, 0.2) is 84.9 Å². The summed E-state index contributed by atoms with van der Waals surface area (Å²) in [7, 11) is 0. The molecule has 0 bridgehead atoms. The lowest BCUT2D eigenvalue weighted by molar-refractivity contribution is 0.0651. The first kappa shape index (κ1) is 27.1. The van der Waals surface area contributed by atoms with Gasteiger partial charge in [-0.1, -0.05) is 36.4 Å². The van der Waals surface area contributed by atoms with Crippen LogP contribution >= 0.6 is 0 Å². The fraction of sp³-hybridized carbons (Fsp3) is 0. The summed E-state index contributed by atoms with van der Waals surface area (Å²) in [6, 6.07) is 18.9. The number of rotatable bonds is 10. The summed E-state index contributed by atoms with van der Waals surface area (Å²) < 4.78 is 11.7. The normalized spacial score (nSPS) is 10.4. The van der Waals surface area contributed by atoms with Gasteiger partial charge in [0.25, 0.3) is 0 Å². The summed E-state index contributed by atoms with van der Waals surface area (Å²) in [5.41, 5.74) is -1.78. The van der Waals surface area contributed by atoms with E-state index in [0.717, 1.165) is 24.3 Å². The van der Waals surface area contributed by atoms with Crippen molar-refractivity contribution >= 4 is 29.7 Å². The van der Waals surface area contributed by atoms with Gasteiger partial charge in [0.05, 0.1) is 27.8 Å². The fourth-order valence-electron chi connectivity index (χ4n) is 3.77. The molecular formula is C29H18O11. The maximum absolute atomic E-state index is 13.4. The molecule has 4 N–H and O–H groups in total. The molecule has 11 nitrogen and oxygen atoms in total. The molecule has 4 aromatic carbocycles. The van der Waals surface area contributed by atoms with Crippen LogP contribution in [0, 0.1) is 0 Å². The molecule has 4 aromatic rings. The van der Waals surface area contributed by atoms with E-state index in [0.29, 0.717) is 0 Å². The highest BCUT2D eigenvalue weighted by Gasteiger charge is 2.23. The van der Waals surface area contributed by atoms with Crippen molar-refractivity contribution in [1.82, 2.24) is 0 Å². The molecule has 11 heteroatoms. The number of ketones is 1. The predicted octanol–water partition coefficient (Wildman–Crippen LogP) is 5.30. The Labute approximate surface area is 225 Å². The Morgan fingerprint density at radius 3 is 1.48 bits per heavy atom. The van der Waals surface area contributed by atoms with Crippen LogP contribution in [0.3, 0.4) is 0 Å². The molecular weight excluding hydrogens is 524 g/mol. The first-order valence-corrected chi connectivity index (χ1v) is 11.4. The van der Waals surface area contributed by atoms with Crippen molar-refractivity contribution in [3.8, 4) is 23.0 Å². The van der Waals surface area contributed by atoms with E-state index in [1.54, 1.807) is 30.3 Å². The van der Waals surface area contributed by atoms with Crippen LogP contribution in [0.2, 0.25) is 0 Å². The monoisotopic (exact) mass is 542 g/mol. The third-order valence-corrected chi connectivity index (χ3v) is 5.61. The SMILES string of the molecule is O=C(O)c1ccc(Oc2cccc(C(=O)c3ccccc3)c2Oc2ccc(C(=O)O)c(C(=O)O)c2)cc1C(=O)O. The van der Waals surface area contributed by atoms with Crippen LogP contribution in [-0.2, 0) is 0 Å². The molecule has 0 saturated heterocycles. The minimum Gasteiger partial charge on any atom is -0.478 e. The zero-order valence-corrected chi connectivity index (χ0v) is 20.2. The van der Waals surface area contributed by atoms with Gasteiger partial charge in [-0.25, -0.2) is 19.2 Å². The fourth-order valence-corrected chi connectivity index (χ4v) is 3.77. The number of benzene rings is 4. The molecule has 0 unspecified atom stereocenters. The zero-order chi connectivity index (χ0) is 29.0. The molecule has 0 saturated carbocycles. The molecule has 0 aliphatic heterocycles. The number of carboxylic acids is 4. The maximum Gasteiger partial charge on any atom is 0.336 e. The number of carbonyl (C=O) groups is 5. The van der Waals surface area contributed by atoms with Gasteiger partial charge in [-0.3, -0.25) is 4.79 Å². The Balaban J connectivity index is 1.85. The van der Waals surface area contributed by atoms with Crippen LogP contribution < -0.4 is 9.47 Å². The standard InChI is InChI=1S/C29H18O11/c30-24(15-5-2-1-3-6-15)20-7-4-8-23(39-16-9-11-18(26(31)32)21(13-16)28(35)36)25(20)40-17-10-12-19(27(33)34)22(14-17)29(37)38/h1-14H,(H,31,32)(H,33,34)(H,35,36)(H,37,38). The van der Waals surface area contributed by atoms with E-state index in [4.69, 9.17) is 9.47 Å². The summed E-state index contributed by atoms with van der Waals surface area (Å²) >= 11 is 0. The van der Waals surface area contributed by atoms with Crippen LogP contribution in [0.25, 0.3) is 0 Å². The number of ether oxygens (including phenoxy) is 2. The Morgan fingerprint density at radius 1 is 0.475 bits per heavy atom. The Kier molecular flexibility index (Phi) is 7.57. The average molecular weight is 542 g/mol. The van der Waals surface area contributed by atoms with Crippen molar-refractivity contribution in [2.24, 2.45) is 0 Å². The van der Waals surface area contributed by atoms with Gasteiger partial charge >= 0.3 is 23.9 Å². The molecule has 4 rings (SSSR count). The summed E-state index contributed by atoms with van der Waals surface area (Å²) in [4.78, 5) is 59.5. The van der Waals surface area contributed by atoms with Crippen molar-refractivity contribution in [3.63, 3.8) is 0 Å². The summed E-state index contributed by atoms with van der Waals surface area (Å²) in [6.45, 7) is 0. The molecule has 0 aliphatic rings. The molecule has 0 atom stereocenters. The number of aromatic carboxylic acids is 4. The first-order chi connectivity index (χ1) is 19.1. The Morgan fingerprint density at radius 2 is 0.975 bits per heavy atom. The molecule has 0 spiro atoms. The van der Waals surface area contributed by atoms with Crippen molar-refractivity contribution in [2.75, 3.05) is 0 Å². The van der Waals surface area contributed by atoms with E-state index >= 15 is 0 Å². The van der Waals surface area contributed by atoms with Crippen molar-refractivity contribution in [1.29, 1.82) is 0 Å². The quantitative estimate of drug-likeness (QED) is 0.191. The van der Waals surface area contributed by atoms with Crippen molar-refractivity contribution in [3.05, 3.63) is 118 Å². The lowest BCUT2D eigenvalue weighted by Gasteiger charge is -2.17. The Hall–Kier alpha value is -5.97. The first-order valence-electron chi connectivity index (χ1n) is 11.4. The molecule has 200 valence electrons. The van der Waals surface area contributed by atoms with E-state index in [-0.39, 0.29) is 34.1 Å². The van der Waals surface area contributed by atoms with E-state index in [1.807, 2.05) is 0 Å². The second kappa shape index (κ2) is 11.2. The number of hydrogen-bond acceptors (Lipinski definition) is 7. The number of carboxylic acid groups (broad SMARTS) is 4. The van der Waals surface area contributed by atoms with Gasteiger partial charge in [0.1, 0.15) is 11.5 Å². The van der Waals surface area contributed by atoms with E-state index in [9.17, 15) is 44.4 Å². The topological polar surface area (TPSA) is 185 Å².